The summed E-state index contributed by atoms with van der Waals surface area (Å²) in [5.41, 5.74) is 2.29. The van der Waals surface area contributed by atoms with Gasteiger partial charge in [0.15, 0.2) is 0 Å². The molecule has 16 nitrogen and oxygen atoms in total. The number of nitrogens with zero attached hydrogens (tertiary/aromatic N) is 6. The van der Waals surface area contributed by atoms with Crippen LogP contribution in [0, 0.1) is 23.7 Å². The summed E-state index contributed by atoms with van der Waals surface area (Å²) in [6.07, 6.45) is 3.31. The third-order valence-electron chi connectivity index (χ3n) is 14.9. The number of rotatable bonds is 11. The molecule has 0 aliphatic carbocycles. The Morgan fingerprint density at radius 2 is 1.51 bits per heavy atom. The fourth-order valence-corrected chi connectivity index (χ4v) is 11.6. The molecule has 4 amide bonds. The maximum absolute atomic E-state index is 16.9. The van der Waals surface area contributed by atoms with Crippen molar-refractivity contribution in [2.75, 3.05) is 38.3 Å². The number of hydrogen-bond donors (Lipinski definition) is 2. The van der Waals surface area contributed by atoms with Crippen LogP contribution in [0.15, 0.2) is 127 Å². The Morgan fingerprint density at radius 1 is 0.824 bits per heavy atom. The van der Waals surface area contributed by atoms with Gasteiger partial charge in [-0.3, -0.25) is 19.3 Å². The zero-order valence-corrected chi connectivity index (χ0v) is 41.6. The van der Waals surface area contributed by atoms with E-state index >= 15 is 19.2 Å². The molecule has 6 aromatic rings. The van der Waals surface area contributed by atoms with Crippen LogP contribution in [-0.4, -0.2) is 105 Å². The number of para-hydroxylation sites is 1. The Morgan fingerprint density at radius 3 is 2.23 bits per heavy atom. The van der Waals surface area contributed by atoms with Crippen molar-refractivity contribution < 1.29 is 43.3 Å². The lowest BCUT2D eigenvalue weighted by Gasteiger charge is -2.46. The van der Waals surface area contributed by atoms with E-state index in [1.807, 2.05) is 95.9 Å². The SMILES string of the molecule is COC(=O)C(NC(=O)N1C(=O)C2(c3cc(C#CCn4nnc5ccccc54)ccc31)C(C(=O)N1CCCCCCC1)C1C(=O)OC(c3ccccc3)C(c3ccccc3)N1C2c1cccc(OCCO)c1)C(C)C. The van der Waals surface area contributed by atoms with Crippen LogP contribution in [0.25, 0.3) is 11.0 Å². The number of esters is 2. The van der Waals surface area contributed by atoms with E-state index in [1.54, 1.807) is 59.8 Å². The summed E-state index contributed by atoms with van der Waals surface area (Å²) >= 11 is 0. The minimum absolute atomic E-state index is 0.0317. The van der Waals surface area contributed by atoms with E-state index in [1.165, 1.54) is 7.11 Å². The molecule has 4 aliphatic heterocycles. The average molecular weight is 998 g/mol. The summed E-state index contributed by atoms with van der Waals surface area (Å²) in [7, 11) is 1.23. The van der Waals surface area contributed by atoms with Gasteiger partial charge in [-0.2, -0.15) is 0 Å². The number of carbonyl (C=O) groups excluding carboxylic acids is 5. The van der Waals surface area contributed by atoms with Crippen LogP contribution in [0.4, 0.5) is 10.5 Å². The molecule has 7 unspecified atom stereocenters. The first kappa shape index (κ1) is 49.7. The molecule has 2 N–H and O–H groups in total. The number of imide groups is 1. The van der Waals surface area contributed by atoms with E-state index in [2.05, 4.69) is 27.5 Å². The lowest BCUT2D eigenvalue weighted by Crippen LogP contribution is -2.58. The molecule has 5 heterocycles. The van der Waals surface area contributed by atoms with Gasteiger partial charge in [-0.25, -0.2) is 19.2 Å². The Hall–Kier alpha value is -7.87. The first-order valence-corrected chi connectivity index (χ1v) is 25.4. The summed E-state index contributed by atoms with van der Waals surface area (Å²) in [4.78, 5) is 82.4. The molecule has 3 fully saturated rings. The van der Waals surface area contributed by atoms with Crippen LogP contribution in [0.1, 0.15) is 92.0 Å². The first-order chi connectivity index (χ1) is 36.1. The summed E-state index contributed by atoms with van der Waals surface area (Å²) in [5.74, 6) is 2.33. The number of nitrogens with one attached hydrogen (secondary N) is 1. The minimum atomic E-state index is -2.07. The predicted molar refractivity (Wildman–Crippen MR) is 274 cm³/mol. The Balaban J connectivity index is 1.26. The number of benzene rings is 5. The maximum atomic E-state index is 16.9. The maximum Gasteiger partial charge on any atom is 0.329 e. The van der Waals surface area contributed by atoms with E-state index < -0.39 is 77.3 Å². The number of methoxy groups -OCH3 is 1. The van der Waals surface area contributed by atoms with Crippen molar-refractivity contribution in [3.8, 4) is 17.6 Å². The second-order valence-corrected chi connectivity index (χ2v) is 19.6. The number of anilines is 1. The molecule has 1 aromatic heterocycles. The van der Waals surface area contributed by atoms with Gasteiger partial charge in [0.05, 0.1) is 42.9 Å². The van der Waals surface area contributed by atoms with Gasteiger partial charge in [-0.15, -0.1) is 5.10 Å². The van der Waals surface area contributed by atoms with Crippen molar-refractivity contribution >= 4 is 46.5 Å². The van der Waals surface area contributed by atoms with Gasteiger partial charge in [0, 0.05) is 18.7 Å². The second-order valence-electron chi connectivity index (χ2n) is 19.6. The van der Waals surface area contributed by atoms with Gasteiger partial charge in [0.1, 0.15) is 48.0 Å². The number of morpholine rings is 1. The third-order valence-corrected chi connectivity index (χ3v) is 14.9. The van der Waals surface area contributed by atoms with Gasteiger partial charge in [0.2, 0.25) is 11.8 Å². The van der Waals surface area contributed by atoms with Gasteiger partial charge >= 0.3 is 18.0 Å². The van der Waals surface area contributed by atoms with E-state index in [4.69, 9.17) is 14.2 Å². The predicted octanol–water partition coefficient (Wildman–Crippen LogP) is 7.22. The molecule has 1 spiro atoms. The van der Waals surface area contributed by atoms with Crippen LogP contribution in [0.5, 0.6) is 5.75 Å². The van der Waals surface area contributed by atoms with Gasteiger partial charge < -0.3 is 29.5 Å². The van der Waals surface area contributed by atoms with Crippen molar-refractivity contribution in [1.29, 1.82) is 0 Å². The number of carbonyl (C=O) groups is 5. The highest BCUT2D eigenvalue weighted by atomic mass is 16.6. The number of aliphatic hydroxyl groups excluding tert-OH is 1. The number of amides is 4. The molecular formula is C58H59N7O9. The Labute approximate surface area is 429 Å². The second kappa shape index (κ2) is 21.3. The fourth-order valence-electron chi connectivity index (χ4n) is 11.6. The normalized spacial score (nSPS) is 23.0. The topological polar surface area (TPSA) is 186 Å². The van der Waals surface area contributed by atoms with Crippen LogP contribution >= 0.6 is 0 Å². The number of urea groups is 1. The third kappa shape index (κ3) is 8.93. The highest BCUT2D eigenvalue weighted by Gasteiger charge is 2.76. The summed E-state index contributed by atoms with van der Waals surface area (Å²) in [5, 5.41) is 21.3. The molecular weight excluding hydrogens is 939 g/mol. The highest BCUT2D eigenvalue weighted by molar-refractivity contribution is 6.25. The number of fused-ring (bicyclic) bond motifs is 4. The minimum Gasteiger partial charge on any atom is -0.491 e. The molecule has 16 heteroatoms. The van der Waals surface area contributed by atoms with Crippen LogP contribution in [-0.2, 0) is 40.6 Å². The molecule has 74 heavy (non-hydrogen) atoms. The highest BCUT2D eigenvalue weighted by Crippen LogP contribution is 2.66. The van der Waals surface area contributed by atoms with Crippen molar-refractivity contribution in [3.63, 3.8) is 0 Å². The number of ether oxygens (including phenoxy) is 3. The molecule has 0 bridgehead atoms. The van der Waals surface area contributed by atoms with E-state index in [0.717, 1.165) is 35.2 Å². The fraction of sp³-hybridized carbons (Fsp3) is 0.362. The van der Waals surface area contributed by atoms with Gasteiger partial charge in [-0.05, 0) is 83.5 Å². The lowest BCUT2D eigenvalue weighted by atomic mass is 9.64. The number of aliphatic hydroxyl groups is 1. The van der Waals surface area contributed by atoms with Gasteiger partial charge in [-0.1, -0.05) is 135 Å². The standard InChI is InChI=1S/C58H59N7O9/c1-37(2)48(54(68)72-3)59-57(71)64-45-29-28-38(19-18-32-63-46-27-14-13-26-44(46)60-61-63)35-43(45)58(56(64)70)47(53(67)62-30-15-5-4-6-16-31-62)50-55(69)74-51(40-22-11-8-12-23-40)49(39-20-9-7-10-21-39)65(50)52(58)41-24-17-25-42(36-41)73-34-33-66/h7-14,17,20-29,35-37,47-52,66H,4-6,15-16,30-34H2,1-3H3,(H,59,71). The van der Waals surface area contributed by atoms with E-state index in [0.29, 0.717) is 53.9 Å². The largest absolute Gasteiger partial charge is 0.491 e. The van der Waals surface area contributed by atoms with Crippen molar-refractivity contribution in [2.45, 2.75) is 88.2 Å². The summed E-state index contributed by atoms with van der Waals surface area (Å²) < 4.78 is 19.6. The molecule has 5 aromatic carbocycles. The molecule has 7 atom stereocenters. The van der Waals surface area contributed by atoms with Crippen molar-refractivity contribution in [2.24, 2.45) is 11.8 Å². The smallest absolute Gasteiger partial charge is 0.329 e. The van der Waals surface area contributed by atoms with Crippen molar-refractivity contribution in [1.82, 2.24) is 30.1 Å². The van der Waals surface area contributed by atoms with Crippen molar-refractivity contribution in [3.05, 3.63) is 155 Å². The molecule has 3 saturated heterocycles. The number of hydrogen-bond acceptors (Lipinski definition) is 12. The molecule has 10 rings (SSSR count). The van der Waals surface area contributed by atoms with E-state index in [9.17, 15) is 9.90 Å². The van der Waals surface area contributed by atoms with Crippen LogP contribution in [0.3, 0.4) is 0 Å². The summed E-state index contributed by atoms with van der Waals surface area (Å²) in [6, 6.07) is 33.3. The quantitative estimate of drug-likeness (QED) is 0.0983. The zero-order chi connectivity index (χ0) is 51.5. The first-order valence-electron chi connectivity index (χ1n) is 25.4. The molecule has 0 radical (unpaired) electrons. The Bertz CT molecular complexity index is 3130. The van der Waals surface area contributed by atoms with Crippen LogP contribution in [0.2, 0.25) is 0 Å². The average Bonchev–Trinajstić information content (AvgIpc) is 4.07. The number of cyclic esters (lactones) is 1. The van der Waals surface area contributed by atoms with E-state index in [-0.39, 0.29) is 31.0 Å². The van der Waals surface area contributed by atoms with Crippen LogP contribution < -0.4 is 15.0 Å². The van der Waals surface area contributed by atoms with Gasteiger partial charge in [0.25, 0.3) is 0 Å². The number of aromatic nitrogens is 3. The lowest BCUT2D eigenvalue weighted by molar-refractivity contribution is -0.179. The summed E-state index contributed by atoms with van der Waals surface area (Å²) in [6.45, 7) is 4.15. The molecule has 4 aliphatic rings. The monoisotopic (exact) mass is 997 g/mol. The Kier molecular flexibility index (Phi) is 14.3. The molecule has 0 saturated carbocycles. The zero-order valence-electron chi connectivity index (χ0n) is 41.6. The molecule has 380 valence electrons. The number of likely N-dealkylation sites (tertiary alicyclic amines) is 1.